The van der Waals surface area contributed by atoms with E-state index < -0.39 is 0 Å². The van der Waals surface area contributed by atoms with Crippen LogP contribution in [0.3, 0.4) is 0 Å². The summed E-state index contributed by atoms with van der Waals surface area (Å²) >= 11 is 0. The lowest BCUT2D eigenvalue weighted by Gasteiger charge is -2.22. The average Bonchev–Trinajstić information content (AvgIpc) is 2.18. The van der Waals surface area contributed by atoms with E-state index in [1.165, 1.54) is 0 Å². The van der Waals surface area contributed by atoms with Crippen molar-refractivity contribution >= 4 is 0 Å². The summed E-state index contributed by atoms with van der Waals surface area (Å²) in [6.07, 6.45) is 1.87. The zero-order valence-electron chi connectivity index (χ0n) is 9.41. The predicted molar refractivity (Wildman–Crippen MR) is 58.4 cm³/mol. The van der Waals surface area contributed by atoms with Gasteiger partial charge in [-0.3, -0.25) is 4.98 Å². The molecule has 78 valence electrons. The van der Waals surface area contributed by atoms with Crippen molar-refractivity contribution in [2.75, 3.05) is 6.61 Å². The Labute approximate surface area is 86.0 Å². The van der Waals surface area contributed by atoms with Crippen molar-refractivity contribution in [3.63, 3.8) is 0 Å². The summed E-state index contributed by atoms with van der Waals surface area (Å²) in [6, 6.07) is 4.09. The number of aliphatic hydroxyl groups is 1. The summed E-state index contributed by atoms with van der Waals surface area (Å²) in [5.41, 5.74) is 1.99. The van der Waals surface area contributed by atoms with Crippen LogP contribution in [0.1, 0.15) is 44.9 Å². The Morgan fingerprint density at radius 1 is 1.36 bits per heavy atom. The van der Waals surface area contributed by atoms with Crippen LogP contribution >= 0.6 is 0 Å². The smallest absolute Gasteiger partial charge is 0.0523 e. The lowest BCUT2D eigenvalue weighted by atomic mass is 9.86. The average molecular weight is 193 g/mol. The summed E-state index contributed by atoms with van der Waals surface area (Å²) in [5.74, 6) is 0.460. The van der Waals surface area contributed by atoms with E-state index in [1.54, 1.807) is 0 Å². The van der Waals surface area contributed by atoms with Gasteiger partial charge in [0.25, 0.3) is 0 Å². The Bertz CT molecular complexity index is 288. The zero-order valence-corrected chi connectivity index (χ0v) is 9.41. The van der Waals surface area contributed by atoms with Crippen LogP contribution in [-0.2, 0) is 5.41 Å². The van der Waals surface area contributed by atoms with Gasteiger partial charge in [0.05, 0.1) is 6.61 Å². The maximum atomic E-state index is 9.20. The first-order valence-electron chi connectivity index (χ1n) is 5.04. The Morgan fingerprint density at radius 2 is 2.00 bits per heavy atom. The molecule has 2 nitrogen and oxygen atoms in total. The molecule has 0 aromatic carbocycles. The number of hydrogen-bond acceptors (Lipinski definition) is 2. The van der Waals surface area contributed by atoms with Crippen LogP contribution in [0.2, 0.25) is 0 Å². The number of nitrogens with zero attached hydrogens (tertiary/aromatic N) is 1. The van der Waals surface area contributed by atoms with E-state index in [0.717, 1.165) is 11.3 Å². The quantitative estimate of drug-likeness (QED) is 0.800. The number of hydrogen-bond donors (Lipinski definition) is 1. The maximum Gasteiger partial charge on any atom is 0.0523 e. The molecule has 1 aromatic rings. The molecule has 0 amide bonds. The van der Waals surface area contributed by atoms with E-state index >= 15 is 0 Å². The maximum absolute atomic E-state index is 9.20. The van der Waals surface area contributed by atoms with Crippen molar-refractivity contribution in [1.82, 2.24) is 4.98 Å². The van der Waals surface area contributed by atoms with Crippen molar-refractivity contribution in [2.45, 2.75) is 39.0 Å². The van der Waals surface area contributed by atoms with Crippen LogP contribution in [0.15, 0.2) is 18.3 Å². The van der Waals surface area contributed by atoms with Gasteiger partial charge in [0, 0.05) is 17.3 Å². The number of aliphatic hydroxyl groups excluding tert-OH is 1. The van der Waals surface area contributed by atoms with Crippen LogP contribution < -0.4 is 0 Å². The minimum absolute atomic E-state index is 0.149. The monoisotopic (exact) mass is 193 g/mol. The van der Waals surface area contributed by atoms with E-state index in [2.05, 4.69) is 24.9 Å². The summed E-state index contributed by atoms with van der Waals surface area (Å²) in [7, 11) is 0. The molecule has 14 heavy (non-hydrogen) atoms. The van der Waals surface area contributed by atoms with E-state index in [4.69, 9.17) is 0 Å². The molecule has 0 unspecified atom stereocenters. The van der Waals surface area contributed by atoms with Crippen molar-refractivity contribution < 1.29 is 5.11 Å². The Balaban J connectivity index is 2.94. The van der Waals surface area contributed by atoms with Gasteiger partial charge in [-0.05, 0) is 17.5 Å². The first-order chi connectivity index (χ1) is 6.47. The van der Waals surface area contributed by atoms with Crippen LogP contribution in [0, 0.1) is 0 Å². The normalized spacial score (nSPS) is 12.1. The molecular formula is C12H19NO. The topological polar surface area (TPSA) is 33.1 Å². The lowest BCUT2D eigenvalue weighted by Crippen LogP contribution is -2.22. The van der Waals surface area contributed by atoms with Crippen LogP contribution in [-0.4, -0.2) is 16.7 Å². The molecule has 0 atom stereocenters. The molecule has 0 saturated carbocycles. The van der Waals surface area contributed by atoms with Gasteiger partial charge in [0.2, 0.25) is 0 Å². The van der Waals surface area contributed by atoms with Gasteiger partial charge in [-0.25, -0.2) is 0 Å². The fourth-order valence-corrected chi connectivity index (χ4v) is 1.24. The molecule has 0 aliphatic rings. The first kappa shape index (κ1) is 11.2. The number of aromatic nitrogens is 1. The molecule has 1 N–H and O–H groups in total. The number of pyridine rings is 1. The largest absolute Gasteiger partial charge is 0.395 e. The second-order valence-corrected chi connectivity index (χ2v) is 4.67. The Morgan fingerprint density at radius 3 is 2.36 bits per heavy atom. The molecule has 2 heteroatoms. The molecule has 1 rings (SSSR count). The highest BCUT2D eigenvalue weighted by atomic mass is 16.3. The van der Waals surface area contributed by atoms with E-state index in [0.29, 0.717) is 5.92 Å². The van der Waals surface area contributed by atoms with Gasteiger partial charge in [-0.15, -0.1) is 0 Å². The highest BCUT2D eigenvalue weighted by Gasteiger charge is 2.19. The van der Waals surface area contributed by atoms with E-state index in [1.807, 2.05) is 26.1 Å². The molecule has 0 saturated heterocycles. The van der Waals surface area contributed by atoms with Crippen LogP contribution in [0.25, 0.3) is 0 Å². The number of rotatable bonds is 3. The Hall–Kier alpha value is -0.890. The summed E-state index contributed by atoms with van der Waals surface area (Å²) in [6.45, 7) is 8.42. The summed E-state index contributed by atoms with van der Waals surface area (Å²) in [4.78, 5) is 4.38. The van der Waals surface area contributed by atoms with Gasteiger partial charge in [0.1, 0.15) is 0 Å². The van der Waals surface area contributed by atoms with Gasteiger partial charge in [0.15, 0.2) is 0 Å². The van der Waals surface area contributed by atoms with Crippen LogP contribution in [0.4, 0.5) is 0 Å². The van der Waals surface area contributed by atoms with Crippen molar-refractivity contribution in [1.29, 1.82) is 0 Å². The first-order valence-corrected chi connectivity index (χ1v) is 5.04. The standard InChI is InChI=1S/C12H19NO/c1-9(2)11-6-5-10(7-13-11)12(3,4)8-14/h5-7,9,14H,8H2,1-4H3. The third-order valence-corrected chi connectivity index (χ3v) is 2.55. The molecule has 0 spiro atoms. The molecule has 1 heterocycles. The molecule has 0 aliphatic heterocycles. The zero-order chi connectivity index (χ0) is 10.8. The third kappa shape index (κ3) is 2.32. The second-order valence-electron chi connectivity index (χ2n) is 4.67. The molecule has 0 bridgehead atoms. The molecule has 0 radical (unpaired) electrons. The molecule has 1 aromatic heterocycles. The van der Waals surface area contributed by atoms with Crippen molar-refractivity contribution in [3.05, 3.63) is 29.6 Å². The molecule has 0 fully saturated rings. The van der Waals surface area contributed by atoms with Crippen molar-refractivity contribution in [3.8, 4) is 0 Å². The van der Waals surface area contributed by atoms with E-state index in [-0.39, 0.29) is 12.0 Å². The lowest BCUT2D eigenvalue weighted by molar-refractivity contribution is 0.218. The fraction of sp³-hybridized carbons (Fsp3) is 0.583. The van der Waals surface area contributed by atoms with Gasteiger partial charge >= 0.3 is 0 Å². The van der Waals surface area contributed by atoms with Gasteiger partial charge < -0.3 is 5.11 Å². The minimum atomic E-state index is -0.192. The third-order valence-electron chi connectivity index (χ3n) is 2.55. The predicted octanol–water partition coefficient (Wildman–Crippen LogP) is 2.47. The van der Waals surface area contributed by atoms with Gasteiger partial charge in [-0.2, -0.15) is 0 Å². The molecule has 0 aliphatic carbocycles. The highest BCUT2D eigenvalue weighted by Crippen LogP contribution is 2.22. The van der Waals surface area contributed by atoms with Crippen LogP contribution in [0.5, 0.6) is 0 Å². The van der Waals surface area contributed by atoms with Crippen molar-refractivity contribution in [2.24, 2.45) is 0 Å². The second kappa shape index (κ2) is 4.09. The molecular weight excluding hydrogens is 174 g/mol. The summed E-state index contributed by atoms with van der Waals surface area (Å²) < 4.78 is 0. The van der Waals surface area contributed by atoms with E-state index in [9.17, 15) is 5.11 Å². The summed E-state index contributed by atoms with van der Waals surface area (Å²) in [5, 5.41) is 9.20. The highest BCUT2D eigenvalue weighted by molar-refractivity contribution is 5.23. The fourth-order valence-electron chi connectivity index (χ4n) is 1.24. The minimum Gasteiger partial charge on any atom is -0.395 e. The Kier molecular flexibility index (Phi) is 3.27. The van der Waals surface area contributed by atoms with Gasteiger partial charge in [-0.1, -0.05) is 33.8 Å². The SMILES string of the molecule is CC(C)c1ccc(C(C)(C)CO)cn1.